The lowest BCUT2D eigenvalue weighted by atomic mass is 10.1. The number of alkyl halides is 1. The molecule has 0 aliphatic rings. The number of nitro groups is 1. The monoisotopic (exact) mass is 271 g/mol. The minimum absolute atomic E-state index is 0.0756. The second kappa shape index (κ2) is 6.11. The van der Waals surface area contributed by atoms with Crippen molar-refractivity contribution in [3.05, 3.63) is 39.9 Å². The molecule has 0 bridgehead atoms. The molecule has 18 heavy (non-hydrogen) atoms. The van der Waals surface area contributed by atoms with Crippen LogP contribution in [0.2, 0.25) is 0 Å². The topological polar surface area (TPSA) is 86.5 Å². The zero-order chi connectivity index (χ0) is 13.7. The standard InChI is InChI=1S/C11H10ClNO5/c1-2-18-11(15)9(12)10(14)7-5-3-4-6-8(7)13(16)17/h3-6,9H,2H2,1H3. The van der Waals surface area contributed by atoms with Crippen LogP contribution in [0.4, 0.5) is 5.69 Å². The maximum absolute atomic E-state index is 11.8. The highest BCUT2D eigenvalue weighted by molar-refractivity contribution is 6.43. The third-order valence-corrected chi connectivity index (χ3v) is 2.47. The molecule has 0 heterocycles. The SMILES string of the molecule is CCOC(=O)C(Cl)C(=O)c1ccccc1[N+](=O)[O-]. The van der Waals surface area contributed by atoms with E-state index in [0.29, 0.717) is 0 Å². The van der Waals surface area contributed by atoms with Crippen molar-refractivity contribution in [2.24, 2.45) is 0 Å². The Morgan fingerprint density at radius 3 is 2.61 bits per heavy atom. The zero-order valence-corrected chi connectivity index (χ0v) is 10.2. The van der Waals surface area contributed by atoms with Crippen LogP contribution in [-0.4, -0.2) is 28.7 Å². The van der Waals surface area contributed by atoms with Crippen molar-refractivity contribution < 1.29 is 19.2 Å². The Labute approximate surface area is 108 Å². The predicted molar refractivity (Wildman–Crippen MR) is 63.7 cm³/mol. The fraction of sp³-hybridized carbons (Fsp3) is 0.273. The van der Waals surface area contributed by atoms with Gasteiger partial charge in [0, 0.05) is 6.07 Å². The number of ketones is 1. The number of hydrogen-bond acceptors (Lipinski definition) is 5. The first kappa shape index (κ1) is 14.1. The van der Waals surface area contributed by atoms with Gasteiger partial charge in [0.25, 0.3) is 5.69 Å². The molecule has 1 rings (SSSR count). The number of ether oxygens (including phenoxy) is 1. The van der Waals surface area contributed by atoms with E-state index >= 15 is 0 Å². The van der Waals surface area contributed by atoms with Crippen molar-refractivity contribution in [2.75, 3.05) is 6.61 Å². The molecule has 0 spiro atoms. The van der Waals surface area contributed by atoms with Gasteiger partial charge >= 0.3 is 5.97 Å². The Bertz CT molecular complexity index is 488. The average molecular weight is 272 g/mol. The Balaban J connectivity index is 3.04. The summed E-state index contributed by atoms with van der Waals surface area (Å²) in [6, 6.07) is 5.29. The molecule has 0 fully saturated rings. The van der Waals surface area contributed by atoms with Gasteiger partial charge in [-0.2, -0.15) is 0 Å². The molecule has 1 atom stereocenters. The van der Waals surface area contributed by atoms with Crippen molar-refractivity contribution in [2.45, 2.75) is 12.3 Å². The molecule has 1 aromatic rings. The summed E-state index contributed by atoms with van der Waals surface area (Å²) in [6.45, 7) is 1.64. The summed E-state index contributed by atoms with van der Waals surface area (Å²) in [5.41, 5.74) is -0.604. The van der Waals surface area contributed by atoms with Crippen LogP contribution < -0.4 is 0 Å². The first-order chi connectivity index (χ1) is 8.49. The van der Waals surface area contributed by atoms with Gasteiger partial charge in [0.1, 0.15) is 0 Å². The summed E-state index contributed by atoms with van der Waals surface area (Å²) in [7, 11) is 0. The number of nitro benzene ring substituents is 1. The zero-order valence-electron chi connectivity index (χ0n) is 9.46. The Morgan fingerprint density at radius 2 is 2.06 bits per heavy atom. The highest BCUT2D eigenvalue weighted by Crippen LogP contribution is 2.21. The van der Waals surface area contributed by atoms with Crippen LogP contribution in [0.3, 0.4) is 0 Å². The number of carbonyl (C=O) groups excluding carboxylic acids is 2. The molecule has 0 saturated carbocycles. The minimum atomic E-state index is -1.58. The number of hydrogen-bond donors (Lipinski definition) is 0. The highest BCUT2D eigenvalue weighted by Gasteiger charge is 2.31. The third-order valence-electron chi connectivity index (χ3n) is 2.09. The van der Waals surface area contributed by atoms with Gasteiger partial charge in [-0.05, 0) is 13.0 Å². The molecule has 0 amide bonds. The second-order valence-electron chi connectivity index (χ2n) is 3.25. The number of halogens is 1. The van der Waals surface area contributed by atoms with Gasteiger partial charge in [0.05, 0.1) is 17.1 Å². The van der Waals surface area contributed by atoms with E-state index in [-0.39, 0.29) is 12.2 Å². The number of benzene rings is 1. The van der Waals surface area contributed by atoms with Gasteiger partial charge in [-0.1, -0.05) is 12.1 Å². The molecule has 6 nitrogen and oxygen atoms in total. The predicted octanol–water partition coefficient (Wildman–Crippen LogP) is 1.95. The van der Waals surface area contributed by atoms with Crippen LogP contribution >= 0.6 is 11.6 Å². The van der Waals surface area contributed by atoms with E-state index < -0.39 is 27.7 Å². The van der Waals surface area contributed by atoms with E-state index in [1.165, 1.54) is 24.3 Å². The number of Topliss-reactive ketones (excluding diaryl/α,β-unsaturated/α-hetero) is 1. The van der Waals surface area contributed by atoms with E-state index in [0.717, 1.165) is 0 Å². The second-order valence-corrected chi connectivity index (χ2v) is 3.69. The molecule has 1 aromatic carbocycles. The largest absolute Gasteiger partial charge is 0.465 e. The van der Waals surface area contributed by atoms with E-state index in [1.54, 1.807) is 6.92 Å². The molecule has 1 unspecified atom stereocenters. The number of carbonyl (C=O) groups is 2. The van der Waals surface area contributed by atoms with Crippen molar-refractivity contribution in [3.8, 4) is 0 Å². The average Bonchev–Trinajstić information content (AvgIpc) is 2.37. The van der Waals surface area contributed by atoms with E-state index in [9.17, 15) is 19.7 Å². The molecular weight excluding hydrogens is 262 g/mol. The number of esters is 1. The van der Waals surface area contributed by atoms with Crippen LogP contribution in [0.1, 0.15) is 17.3 Å². The third kappa shape index (κ3) is 3.04. The maximum atomic E-state index is 11.8. The van der Waals surface area contributed by atoms with Crippen molar-refractivity contribution in [3.63, 3.8) is 0 Å². The van der Waals surface area contributed by atoms with E-state index in [4.69, 9.17) is 11.6 Å². The van der Waals surface area contributed by atoms with Crippen LogP contribution in [0.25, 0.3) is 0 Å². The van der Waals surface area contributed by atoms with Gasteiger partial charge in [0.15, 0.2) is 11.2 Å². The molecule has 0 saturated heterocycles. The van der Waals surface area contributed by atoms with Gasteiger partial charge < -0.3 is 4.74 Å². The molecule has 0 aliphatic carbocycles. The first-order valence-corrected chi connectivity index (χ1v) is 5.51. The lowest BCUT2D eigenvalue weighted by Gasteiger charge is -2.07. The lowest BCUT2D eigenvalue weighted by molar-refractivity contribution is -0.385. The van der Waals surface area contributed by atoms with Gasteiger partial charge in [-0.25, -0.2) is 4.79 Å². The molecule has 0 aromatic heterocycles. The molecular formula is C11H10ClNO5. The Morgan fingerprint density at radius 1 is 1.44 bits per heavy atom. The van der Waals surface area contributed by atoms with Crippen molar-refractivity contribution in [1.82, 2.24) is 0 Å². The van der Waals surface area contributed by atoms with Crippen molar-refractivity contribution in [1.29, 1.82) is 0 Å². The normalized spacial score (nSPS) is 11.7. The quantitative estimate of drug-likeness (QED) is 0.204. The van der Waals surface area contributed by atoms with Gasteiger partial charge in [-0.3, -0.25) is 14.9 Å². The number of rotatable bonds is 5. The van der Waals surface area contributed by atoms with Crippen LogP contribution in [-0.2, 0) is 9.53 Å². The van der Waals surface area contributed by atoms with Gasteiger partial charge in [0.2, 0.25) is 0 Å². The van der Waals surface area contributed by atoms with Crippen LogP contribution in [0, 0.1) is 10.1 Å². The van der Waals surface area contributed by atoms with Crippen LogP contribution in [0.15, 0.2) is 24.3 Å². The Hall–Kier alpha value is -1.95. The molecule has 0 radical (unpaired) electrons. The Kier molecular flexibility index (Phi) is 4.79. The fourth-order valence-electron chi connectivity index (χ4n) is 1.30. The molecule has 96 valence electrons. The number of para-hydroxylation sites is 1. The summed E-state index contributed by atoms with van der Waals surface area (Å²) >= 11 is 5.63. The summed E-state index contributed by atoms with van der Waals surface area (Å²) in [4.78, 5) is 33.2. The maximum Gasteiger partial charge on any atom is 0.332 e. The smallest absolute Gasteiger partial charge is 0.332 e. The van der Waals surface area contributed by atoms with E-state index in [2.05, 4.69) is 4.74 Å². The van der Waals surface area contributed by atoms with Crippen molar-refractivity contribution >= 4 is 29.0 Å². The first-order valence-electron chi connectivity index (χ1n) is 5.07. The lowest BCUT2D eigenvalue weighted by Crippen LogP contribution is -2.27. The summed E-state index contributed by atoms with van der Waals surface area (Å²) in [5, 5.41) is 9.16. The highest BCUT2D eigenvalue weighted by atomic mass is 35.5. The summed E-state index contributed by atoms with van der Waals surface area (Å²) in [5.74, 6) is -1.76. The molecule has 0 aliphatic heterocycles. The summed E-state index contributed by atoms with van der Waals surface area (Å²) < 4.78 is 4.59. The van der Waals surface area contributed by atoms with Gasteiger partial charge in [-0.15, -0.1) is 11.6 Å². The molecule has 7 heteroatoms. The van der Waals surface area contributed by atoms with E-state index in [1.807, 2.05) is 0 Å². The molecule has 0 N–H and O–H groups in total. The fourth-order valence-corrected chi connectivity index (χ4v) is 1.48. The van der Waals surface area contributed by atoms with Crippen LogP contribution in [0.5, 0.6) is 0 Å². The minimum Gasteiger partial charge on any atom is -0.465 e. The summed E-state index contributed by atoms with van der Waals surface area (Å²) in [6.07, 6.45) is 0. The number of nitrogens with zero attached hydrogens (tertiary/aromatic N) is 1.